The Morgan fingerprint density at radius 3 is 2.43 bits per heavy atom. The average molecular weight is 577 g/mol. The summed E-state index contributed by atoms with van der Waals surface area (Å²) in [7, 11) is 0. The van der Waals surface area contributed by atoms with Crippen molar-refractivity contribution in [2.45, 2.75) is 103 Å². The Morgan fingerprint density at radius 2 is 1.76 bits per heavy atom. The molecular formula is C34H40O8. The number of phenols is 1. The van der Waals surface area contributed by atoms with Crippen molar-refractivity contribution in [1.82, 2.24) is 0 Å². The van der Waals surface area contributed by atoms with Gasteiger partial charge in [0.25, 0.3) is 0 Å². The lowest BCUT2D eigenvalue weighted by molar-refractivity contribution is -0.158. The molecule has 4 bridgehead atoms. The van der Waals surface area contributed by atoms with Gasteiger partial charge in [-0.25, -0.2) is 4.79 Å². The normalized spacial score (nSPS) is 33.1. The molecule has 1 spiro atoms. The van der Waals surface area contributed by atoms with Crippen molar-refractivity contribution in [3.05, 3.63) is 46.1 Å². The third kappa shape index (κ3) is 3.86. The molecule has 3 heterocycles. The third-order valence-electron chi connectivity index (χ3n) is 10.2. The van der Waals surface area contributed by atoms with Crippen molar-refractivity contribution in [3.63, 3.8) is 0 Å². The first kappa shape index (κ1) is 28.7. The van der Waals surface area contributed by atoms with Crippen LogP contribution in [0.2, 0.25) is 0 Å². The maximum atomic E-state index is 14.7. The molecule has 1 saturated heterocycles. The molecule has 2 N–H and O–H groups in total. The Labute approximate surface area is 246 Å². The number of carboxylic acid groups (broad SMARTS) is 1. The van der Waals surface area contributed by atoms with Gasteiger partial charge < -0.3 is 24.4 Å². The fraction of sp³-hybridized carbons (Fsp3) is 0.559. The Morgan fingerprint density at radius 1 is 1.05 bits per heavy atom. The monoisotopic (exact) mass is 576 g/mol. The molecule has 1 aromatic carbocycles. The molecule has 8 nitrogen and oxygen atoms in total. The van der Waals surface area contributed by atoms with E-state index in [0.29, 0.717) is 36.1 Å². The van der Waals surface area contributed by atoms with E-state index >= 15 is 0 Å². The summed E-state index contributed by atoms with van der Waals surface area (Å²) in [5.41, 5.74) is -1.46. The van der Waals surface area contributed by atoms with Crippen LogP contribution in [0, 0.1) is 17.8 Å². The minimum atomic E-state index is -1.27. The molecule has 6 aliphatic rings. The molecule has 0 radical (unpaired) electrons. The summed E-state index contributed by atoms with van der Waals surface area (Å²) in [6.07, 6.45) is 8.64. The highest BCUT2D eigenvalue weighted by molar-refractivity contribution is 6.08. The molecule has 0 amide bonds. The molecule has 8 heteroatoms. The predicted molar refractivity (Wildman–Crippen MR) is 156 cm³/mol. The number of carbonyl (C=O) groups excluding carboxylic acids is 2. The van der Waals surface area contributed by atoms with Crippen molar-refractivity contribution < 1.29 is 38.8 Å². The summed E-state index contributed by atoms with van der Waals surface area (Å²) in [6.45, 7) is 13.3. The quantitative estimate of drug-likeness (QED) is 0.324. The van der Waals surface area contributed by atoms with Crippen LogP contribution in [0.4, 0.5) is 0 Å². The number of hydrogen-bond donors (Lipinski definition) is 2. The van der Waals surface area contributed by atoms with Gasteiger partial charge in [0.05, 0.1) is 17.1 Å². The van der Waals surface area contributed by atoms with Gasteiger partial charge in [-0.2, -0.15) is 0 Å². The average Bonchev–Trinajstić information content (AvgIpc) is 2.94. The maximum absolute atomic E-state index is 14.7. The van der Waals surface area contributed by atoms with E-state index in [1.165, 1.54) is 6.92 Å². The van der Waals surface area contributed by atoms with Crippen LogP contribution in [-0.4, -0.2) is 50.2 Å². The topological polar surface area (TPSA) is 119 Å². The molecule has 1 aromatic rings. The van der Waals surface area contributed by atoms with Crippen LogP contribution in [0.1, 0.15) is 95.6 Å². The SMILES string of the molecule is CC(C)=CCc1c2c(c(O)c3c1OC14C(CC5CC1C(C)(C)OC4(C/C=C(/C)C(=O)O)CC5=O)C3=O)C=CC(C)(C)O2. The first-order valence-electron chi connectivity index (χ1n) is 14.8. The van der Waals surface area contributed by atoms with Crippen molar-refractivity contribution in [2.75, 3.05) is 0 Å². The zero-order valence-corrected chi connectivity index (χ0v) is 25.4. The standard InChI is InChI=1S/C34H40O8/c1-17(2)8-9-21-28-20(11-12-31(4,5)40-28)26(36)25-27(37)22-14-19-15-24-32(6,7)42-33(16-23(19)35,13-10-18(3)30(38)39)34(22,24)41-29(21)25/h8,10-12,19,22,24,36H,9,13-16H2,1-7H3,(H,38,39)/b18-10-. The van der Waals surface area contributed by atoms with E-state index in [9.17, 15) is 24.6 Å². The minimum Gasteiger partial charge on any atom is -0.506 e. The van der Waals surface area contributed by atoms with E-state index in [0.717, 1.165) is 5.57 Å². The molecule has 5 atom stereocenters. The van der Waals surface area contributed by atoms with E-state index < -0.39 is 34.3 Å². The van der Waals surface area contributed by atoms with Crippen molar-refractivity contribution in [3.8, 4) is 17.2 Å². The zero-order chi connectivity index (χ0) is 30.6. The van der Waals surface area contributed by atoms with E-state index in [-0.39, 0.29) is 58.9 Å². The number of aromatic hydroxyl groups is 1. The smallest absolute Gasteiger partial charge is 0.330 e. The van der Waals surface area contributed by atoms with Crippen molar-refractivity contribution in [1.29, 1.82) is 0 Å². The Kier molecular flexibility index (Phi) is 6.19. The van der Waals surface area contributed by atoms with Crippen LogP contribution in [0.25, 0.3) is 6.08 Å². The molecule has 3 aliphatic carbocycles. The van der Waals surface area contributed by atoms with Gasteiger partial charge in [0.15, 0.2) is 11.4 Å². The predicted octanol–water partition coefficient (Wildman–Crippen LogP) is 5.98. The molecule has 3 saturated carbocycles. The Balaban J connectivity index is 1.65. The van der Waals surface area contributed by atoms with E-state index in [1.54, 1.807) is 12.2 Å². The molecule has 0 aromatic heterocycles. The van der Waals surface area contributed by atoms with Crippen molar-refractivity contribution >= 4 is 23.6 Å². The number of ether oxygens (including phenoxy) is 3. The first-order chi connectivity index (χ1) is 19.5. The van der Waals surface area contributed by atoms with Gasteiger partial charge in [0, 0.05) is 29.4 Å². The largest absolute Gasteiger partial charge is 0.506 e. The van der Waals surface area contributed by atoms with Gasteiger partial charge in [-0.1, -0.05) is 17.7 Å². The molecule has 7 rings (SSSR count). The van der Waals surface area contributed by atoms with Gasteiger partial charge in [0.1, 0.15) is 39.8 Å². The van der Waals surface area contributed by atoms with Gasteiger partial charge in [0.2, 0.25) is 0 Å². The van der Waals surface area contributed by atoms with Crippen LogP contribution in [-0.2, 0) is 20.7 Å². The number of carboxylic acids is 1. The van der Waals surface area contributed by atoms with Crippen molar-refractivity contribution in [2.24, 2.45) is 17.8 Å². The third-order valence-corrected chi connectivity index (χ3v) is 10.2. The number of allylic oxidation sites excluding steroid dienone is 2. The van der Waals surface area contributed by atoms with Gasteiger partial charge in [-0.15, -0.1) is 0 Å². The van der Waals surface area contributed by atoms with E-state index in [4.69, 9.17) is 14.2 Å². The lowest BCUT2D eigenvalue weighted by atomic mass is 9.56. The van der Waals surface area contributed by atoms with E-state index in [2.05, 4.69) is 0 Å². The van der Waals surface area contributed by atoms with Crippen LogP contribution >= 0.6 is 0 Å². The number of ketones is 2. The van der Waals surface area contributed by atoms with Crippen LogP contribution < -0.4 is 9.47 Å². The van der Waals surface area contributed by atoms with Gasteiger partial charge in [-0.3, -0.25) is 9.59 Å². The minimum absolute atomic E-state index is 0.00454. The van der Waals surface area contributed by atoms with E-state index in [1.807, 2.05) is 53.7 Å². The number of phenolic OH excluding ortho intramolecular Hbond substituents is 1. The first-order valence-corrected chi connectivity index (χ1v) is 14.8. The number of carbonyl (C=O) groups is 3. The fourth-order valence-electron chi connectivity index (χ4n) is 8.22. The lowest BCUT2D eigenvalue weighted by Gasteiger charge is -2.54. The highest BCUT2D eigenvalue weighted by atomic mass is 16.6. The number of rotatable bonds is 5. The summed E-state index contributed by atoms with van der Waals surface area (Å²) in [4.78, 5) is 40.2. The molecule has 42 heavy (non-hydrogen) atoms. The Bertz CT molecular complexity index is 1520. The fourth-order valence-corrected chi connectivity index (χ4v) is 8.22. The second-order valence-electron chi connectivity index (χ2n) is 14.1. The molecular weight excluding hydrogens is 536 g/mol. The highest BCUT2D eigenvalue weighted by Crippen LogP contribution is 2.69. The number of fused-ring (bicyclic) bond motifs is 3. The molecule has 3 aliphatic heterocycles. The second kappa shape index (κ2) is 9.06. The number of aliphatic carboxylic acids is 1. The summed E-state index contributed by atoms with van der Waals surface area (Å²) in [5.74, 6) is -2.15. The van der Waals surface area contributed by atoms with Gasteiger partial charge in [-0.05, 0) is 86.3 Å². The molecule has 4 fully saturated rings. The molecule has 224 valence electrons. The highest BCUT2D eigenvalue weighted by Gasteiger charge is 2.79. The second-order valence-corrected chi connectivity index (χ2v) is 14.1. The molecule has 5 unspecified atom stereocenters. The summed E-state index contributed by atoms with van der Waals surface area (Å²) < 4.78 is 20.5. The van der Waals surface area contributed by atoms with Gasteiger partial charge >= 0.3 is 5.97 Å². The summed E-state index contributed by atoms with van der Waals surface area (Å²) in [5, 5.41) is 21.3. The zero-order valence-electron chi connectivity index (χ0n) is 25.4. The lowest BCUT2D eigenvalue weighted by Crippen LogP contribution is -2.67. The maximum Gasteiger partial charge on any atom is 0.330 e. The van der Waals surface area contributed by atoms with Crippen LogP contribution in [0.15, 0.2) is 29.4 Å². The summed E-state index contributed by atoms with van der Waals surface area (Å²) >= 11 is 0. The Hall–Kier alpha value is -3.39. The number of Topliss-reactive ketones (excluding diaryl/α,β-unsaturated/α-hetero) is 2. The van der Waals surface area contributed by atoms with Crippen LogP contribution in [0.5, 0.6) is 17.2 Å². The number of hydrogen-bond acceptors (Lipinski definition) is 7. The summed E-state index contributed by atoms with van der Waals surface area (Å²) in [6, 6.07) is 0. The number of benzene rings is 1. The van der Waals surface area contributed by atoms with Crippen LogP contribution in [0.3, 0.4) is 0 Å².